The van der Waals surface area contributed by atoms with Gasteiger partial charge in [0, 0.05) is 31.9 Å². The Hall–Kier alpha value is -1.75. The average molecular weight is 207 g/mol. The topological polar surface area (TPSA) is 73.2 Å². The molecular formula is C10H13N3O2. The van der Waals surface area contributed by atoms with Gasteiger partial charge < -0.3 is 15.5 Å². The van der Waals surface area contributed by atoms with E-state index in [1.165, 1.54) is 4.57 Å². The molecule has 1 aromatic heterocycles. The zero-order chi connectivity index (χ0) is 10.8. The molecule has 0 saturated carbocycles. The molecule has 0 aliphatic rings. The first-order chi connectivity index (χ1) is 7.22. The largest absolute Gasteiger partial charge is 0.419 e. The molecule has 2 aromatic rings. The number of hydrogen-bond acceptors (Lipinski definition) is 4. The molecule has 5 heteroatoms. The van der Waals surface area contributed by atoms with E-state index in [4.69, 9.17) is 10.2 Å². The summed E-state index contributed by atoms with van der Waals surface area (Å²) in [5.41, 5.74) is 7.66. The lowest BCUT2D eigenvalue weighted by Gasteiger charge is -2.03. The molecule has 0 saturated heterocycles. The summed E-state index contributed by atoms with van der Waals surface area (Å²) in [6, 6.07) is 5.54. The van der Waals surface area contributed by atoms with Gasteiger partial charge in [-0.3, -0.25) is 4.57 Å². The summed E-state index contributed by atoms with van der Waals surface area (Å²) in [5, 5.41) is 3.12. The highest BCUT2D eigenvalue weighted by molar-refractivity contribution is 5.77. The van der Waals surface area contributed by atoms with E-state index in [9.17, 15) is 4.79 Å². The molecule has 0 radical (unpaired) electrons. The molecule has 0 aliphatic carbocycles. The molecule has 3 N–H and O–H groups in total. The van der Waals surface area contributed by atoms with Gasteiger partial charge >= 0.3 is 5.76 Å². The summed E-state index contributed by atoms with van der Waals surface area (Å²) < 4.78 is 6.53. The zero-order valence-corrected chi connectivity index (χ0v) is 8.49. The van der Waals surface area contributed by atoms with E-state index in [1.54, 1.807) is 13.1 Å². The second-order valence-electron chi connectivity index (χ2n) is 3.32. The first-order valence-corrected chi connectivity index (χ1v) is 4.76. The molecule has 0 fully saturated rings. The molecule has 0 spiro atoms. The number of nitrogens with one attached hydrogen (secondary N) is 1. The Balaban J connectivity index is 2.43. The van der Waals surface area contributed by atoms with E-state index < -0.39 is 0 Å². The first kappa shape index (κ1) is 9.79. The lowest BCUT2D eigenvalue weighted by molar-refractivity contribution is 0.528. The van der Waals surface area contributed by atoms with Crippen LogP contribution in [0, 0.1) is 0 Å². The fourth-order valence-electron chi connectivity index (χ4n) is 1.46. The Labute approximate surface area is 86.5 Å². The second-order valence-corrected chi connectivity index (χ2v) is 3.32. The summed E-state index contributed by atoms with van der Waals surface area (Å²) in [4.78, 5) is 11.2. The minimum absolute atomic E-state index is 0.346. The lowest BCUT2D eigenvalue weighted by atomic mass is 10.3. The first-order valence-electron chi connectivity index (χ1n) is 4.76. The van der Waals surface area contributed by atoms with Crippen LogP contribution in [0.4, 0.5) is 5.69 Å². The number of oxazole rings is 1. The monoisotopic (exact) mass is 207 g/mol. The fraction of sp³-hybridized carbons (Fsp3) is 0.300. The van der Waals surface area contributed by atoms with Gasteiger partial charge in [-0.2, -0.15) is 0 Å². The second kappa shape index (κ2) is 3.78. The highest BCUT2D eigenvalue weighted by Gasteiger charge is 2.05. The summed E-state index contributed by atoms with van der Waals surface area (Å²) in [5.74, 6) is -0.346. The number of nitrogens with zero attached hydrogens (tertiary/aromatic N) is 1. The third kappa shape index (κ3) is 1.73. The van der Waals surface area contributed by atoms with Crippen molar-refractivity contribution in [3.05, 3.63) is 28.7 Å². The maximum atomic E-state index is 11.2. The molecule has 80 valence electrons. The molecule has 0 aliphatic heterocycles. The smallest absolute Gasteiger partial charge is 0.408 e. The zero-order valence-electron chi connectivity index (χ0n) is 8.49. The maximum absolute atomic E-state index is 11.2. The van der Waals surface area contributed by atoms with E-state index in [0.717, 1.165) is 11.2 Å². The molecule has 0 unspecified atom stereocenters. The highest BCUT2D eigenvalue weighted by atomic mass is 16.4. The number of aryl methyl sites for hydroxylation is 1. The van der Waals surface area contributed by atoms with Crippen molar-refractivity contribution in [2.45, 2.75) is 0 Å². The summed E-state index contributed by atoms with van der Waals surface area (Å²) in [7, 11) is 1.68. The quantitative estimate of drug-likeness (QED) is 0.768. The van der Waals surface area contributed by atoms with Gasteiger partial charge in [-0.1, -0.05) is 0 Å². The number of benzene rings is 1. The predicted octanol–water partition coefficient (Wildman–Crippen LogP) is 0.502. The Morgan fingerprint density at radius 3 is 3.07 bits per heavy atom. The Kier molecular flexibility index (Phi) is 2.47. The van der Waals surface area contributed by atoms with Gasteiger partial charge in [0.1, 0.15) is 0 Å². The number of rotatable bonds is 3. The van der Waals surface area contributed by atoms with Crippen LogP contribution in [-0.4, -0.2) is 17.7 Å². The van der Waals surface area contributed by atoms with Crippen LogP contribution < -0.4 is 16.8 Å². The molecule has 0 atom stereocenters. The van der Waals surface area contributed by atoms with Gasteiger partial charge in [-0.25, -0.2) is 4.79 Å². The van der Waals surface area contributed by atoms with Crippen LogP contribution in [0.25, 0.3) is 11.1 Å². The van der Waals surface area contributed by atoms with Crippen molar-refractivity contribution in [2.75, 3.05) is 18.4 Å². The molecule has 5 nitrogen and oxygen atoms in total. The van der Waals surface area contributed by atoms with Crippen LogP contribution in [0.15, 0.2) is 27.4 Å². The SMILES string of the molecule is Cn1c(=O)oc2cc(NCCN)ccc21. The van der Waals surface area contributed by atoms with Gasteiger partial charge in [0.05, 0.1) is 5.52 Å². The molecular weight excluding hydrogens is 194 g/mol. The van der Waals surface area contributed by atoms with Gasteiger partial charge in [-0.05, 0) is 12.1 Å². The van der Waals surface area contributed by atoms with Crippen LogP contribution in [0.3, 0.4) is 0 Å². The van der Waals surface area contributed by atoms with Crippen molar-refractivity contribution in [3.63, 3.8) is 0 Å². The predicted molar refractivity (Wildman–Crippen MR) is 59.0 cm³/mol. The van der Waals surface area contributed by atoms with Crippen molar-refractivity contribution >= 4 is 16.8 Å². The molecule has 0 bridgehead atoms. The van der Waals surface area contributed by atoms with Gasteiger partial charge in [0.25, 0.3) is 0 Å². The van der Waals surface area contributed by atoms with Crippen molar-refractivity contribution in [1.29, 1.82) is 0 Å². The third-order valence-corrected chi connectivity index (χ3v) is 2.27. The van der Waals surface area contributed by atoms with E-state index >= 15 is 0 Å². The van der Waals surface area contributed by atoms with Gasteiger partial charge in [0.2, 0.25) is 0 Å². The van der Waals surface area contributed by atoms with Crippen LogP contribution in [0.1, 0.15) is 0 Å². The molecule has 0 amide bonds. The number of hydrogen-bond donors (Lipinski definition) is 2. The standard InChI is InChI=1S/C10H13N3O2/c1-13-8-3-2-7(12-5-4-11)6-9(8)15-10(13)14/h2-3,6,12H,4-5,11H2,1H3. The normalized spacial score (nSPS) is 10.8. The van der Waals surface area contributed by atoms with Crippen molar-refractivity contribution in [1.82, 2.24) is 4.57 Å². The van der Waals surface area contributed by atoms with Crippen LogP contribution in [-0.2, 0) is 7.05 Å². The van der Waals surface area contributed by atoms with E-state index in [2.05, 4.69) is 5.32 Å². The van der Waals surface area contributed by atoms with Crippen LogP contribution >= 0.6 is 0 Å². The van der Waals surface area contributed by atoms with Crippen LogP contribution in [0.2, 0.25) is 0 Å². The Bertz CT molecular complexity index is 527. The molecule has 15 heavy (non-hydrogen) atoms. The van der Waals surface area contributed by atoms with E-state index in [-0.39, 0.29) is 5.76 Å². The molecule has 1 aromatic carbocycles. The minimum atomic E-state index is -0.346. The van der Waals surface area contributed by atoms with E-state index in [1.807, 2.05) is 12.1 Å². The van der Waals surface area contributed by atoms with Gasteiger partial charge in [0.15, 0.2) is 5.58 Å². The summed E-state index contributed by atoms with van der Waals surface area (Å²) in [6.07, 6.45) is 0. The van der Waals surface area contributed by atoms with Crippen molar-refractivity contribution < 1.29 is 4.42 Å². The maximum Gasteiger partial charge on any atom is 0.419 e. The van der Waals surface area contributed by atoms with Crippen molar-refractivity contribution in [2.24, 2.45) is 12.8 Å². The van der Waals surface area contributed by atoms with Crippen molar-refractivity contribution in [3.8, 4) is 0 Å². The third-order valence-electron chi connectivity index (χ3n) is 2.27. The molecule has 1 heterocycles. The molecule has 2 rings (SSSR count). The Morgan fingerprint density at radius 1 is 1.53 bits per heavy atom. The summed E-state index contributed by atoms with van der Waals surface area (Å²) in [6.45, 7) is 1.26. The number of anilines is 1. The lowest BCUT2D eigenvalue weighted by Crippen LogP contribution is -2.12. The fourth-order valence-corrected chi connectivity index (χ4v) is 1.46. The minimum Gasteiger partial charge on any atom is -0.408 e. The van der Waals surface area contributed by atoms with Gasteiger partial charge in [-0.15, -0.1) is 0 Å². The number of fused-ring (bicyclic) bond motifs is 1. The van der Waals surface area contributed by atoms with Crippen LogP contribution in [0.5, 0.6) is 0 Å². The highest BCUT2D eigenvalue weighted by Crippen LogP contribution is 2.17. The Morgan fingerprint density at radius 2 is 2.33 bits per heavy atom. The van der Waals surface area contributed by atoms with E-state index in [0.29, 0.717) is 18.7 Å². The number of aromatic nitrogens is 1. The number of nitrogens with two attached hydrogens (primary N) is 1. The summed E-state index contributed by atoms with van der Waals surface area (Å²) >= 11 is 0. The average Bonchev–Trinajstić information content (AvgIpc) is 2.52.